The second kappa shape index (κ2) is 5.34. The second-order valence-electron chi connectivity index (χ2n) is 3.97. The number of anilines is 1. The molecule has 1 atom stereocenters. The number of carbonyl (C=O) groups excluding carboxylic acids is 2. The predicted octanol–water partition coefficient (Wildman–Crippen LogP) is 0.758. The SMILES string of the molecule is CSc1cc(NC2CCC(=O)N(C)C2=O)ncn1. The lowest BCUT2D eigenvalue weighted by atomic mass is 10.0. The third kappa shape index (κ3) is 2.61. The molecular formula is C11H14N4O2S. The van der Waals surface area contributed by atoms with Crippen molar-refractivity contribution < 1.29 is 9.59 Å². The fourth-order valence-corrected chi connectivity index (χ4v) is 2.14. The van der Waals surface area contributed by atoms with Crippen molar-refractivity contribution in [2.75, 3.05) is 18.6 Å². The number of aromatic nitrogens is 2. The van der Waals surface area contributed by atoms with Crippen LogP contribution in [-0.4, -0.2) is 46.0 Å². The number of likely N-dealkylation sites (N-methyl/N-ethyl adjacent to an activating group) is 1. The number of likely N-dealkylation sites (tertiary alicyclic amines) is 1. The van der Waals surface area contributed by atoms with E-state index >= 15 is 0 Å². The van der Waals surface area contributed by atoms with Crippen LogP contribution in [0.3, 0.4) is 0 Å². The van der Waals surface area contributed by atoms with Gasteiger partial charge in [0.1, 0.15) is 23.2 Å². The summed E-state index contributed by atoms with van der Waals surface area (Å²) in [5.41, 5.74) is 0. The summed E-state index contributed by atoms with van der Waals surface area (Å²) in [7, 11) is 1.51. The molecule has 1 aliphatic rings. The van der Waals surface area contributed by atoms with Gasteiger partial charge in [0.2, 0.25) is 5.91 Å². The lowest BCUT2D eigenvalue weighted by Crippen LogP contribution is -2.48. The molecule has 0 saturated carbocycles. The van der Waals surface area contributed by atoms with Gasteiger partial charge in [0.25, 0.3) is 5.91 Å². The van der Waals surface area contributed by atoms with Gasteiger partial charge >= 0.3 is 0 Å². The highest BCUT2D eigenvalue weighted by Gasteiger charge is 2.31. The maximum absolute atomic E-state index is 11.9. The van der Waals surface area contributed by atoms with Crippen LogP contribution in [0.1, 0.15) is 12.8 Å². The average Bonchev–Trinajstić information content (AvgIpc) is 2.40. The molecule has 1 aromatic rings. The lowest BCUT2D eigenvalue weighted by molar-refractivity contribution is -0.146. The first-order chi connectivity index (χ1) is 8.61. The molecule has 0 radical (unpaired) electrons. The fourth-order valence-electron chi connectivity index (χ4n) is 1.76. The van der Waals surface area contributed by atoms with Gasteiger partial charge in [0.05, 0.1) is 0 Å². The molecule has 1 fully saturated rings. The monoisotopic (exact) mass is 266 g/mol. The number of nitrogens with zero attached hydrogens (tertiary/aromatic N) is 3. The summed E-state index contributed by atoms with van der Waals surface area (Å²) in [6.07, 6.45) is 4.25. The minimum Gasteiger partial charge on any atom is -0.358 e. The molecule has 2 rings (SSSR count). The van der Waals surface area contributed by atoms with Crippen molar-refractivity contribution in [1.29, 1.82) is 0 Å². The Morgan fingerprint density at radius 3 is 2.94 bits per heavy atom. The standard InChI is InChI=1S/C11H14N4O2S/c1-15-10(16)4-3-7(11(15)17)14-8-5-9(18-2)13-6-12-8/h5-7H,3-4H2,1-2H3,(H,12,13,14). The molecule has 18 heavy (non-hydrogen) atoms. The van der Waals surface area contributed by atoms with Crippen LogP contribution in [0.2, 0.25) is 0 Å². The van der Waals surface area contributed by atoms with Gasteiger partial charge < -0.3 is 5.32 Å². The highest BCUT2D eigenvalue weighted by atomic mass is 32.2. The number of imide groups is 1. The summed E-state index contributed by atoms with van der Waals surface area (Å²) in [6, 6.07) is 1.39. The molecular weight excluding hydrogens is 252 g/mol. The van der Waals surface area contributed by atoms with Crippen molar-refractivity contribution in [3.8, 4) is 0 Å². The van der Waals surface area contributed by atoms with Gasteiger partial charge in [-0.1, -0.05) is 0 Å². The number of nitrogens with one attached hydrogen (secondary N) is 1. The highest BCUT2D eigenvalue weighted by Crippen LogP contribution is 2.18. The fraction of sp³-hybridized carbons (Fsp3) is 0.455. The van der Waals surface area contributed by atoms with Gasteiger partial charge in [-0.3, -0.25) is 14.5 Å². The molecule has 1 saturated heterocycles. The van der Waals surface area contributed by atoms with E-state index in [-0.39, 0.29) is 11.8 Å². The molecule has 0 aromatic carbocycles. The van der Waals surface area contributed by atoms with E-state index in [1.807, 2.05) is 6.26 Å². The molecule has 96 valence electrons. The topological polar surface area (TPSA) is 75.2 Å². The summed E-state index contributed by atoms with van der Waals surface area (Å²) in [4.78, 5) is 32.5. The van der Waals surface area contributed by atoms with Crippen LogP contribution in [0.15, 0.2) is 17.4 Å². The maximum Gasteiger partial charge on any atom is 0.251 e. The van der Waals surface area contributed by atoms with Gasteiger partial charge in [0.15, 0.2) is 0 Å². The van der Waals surface area contributed by atoms with E-state index < -0.39 is 6.04 Å². The number of hydrogen-bond acceptors (Lipinski definition) is 6. The normalized spacial score (nSPS) is 20.1. The Kier molecular flexibility index (Phi) is 3.81. The van der Waals surface area contributed by atoms with Crippen molar-refractivity contribution in [3.05, 3.63) is 12.4 Å². The Hall–Kier alpha value is -1.63. The minimum absolute atomic E-state index is 0.134. The first-order valence-corrected chi connectivity index (χ1v) is 6.77. The summed E-state index contributed by atoms with van der Waals surface area (Å²) in [5.74, 6) is 0.261. The molecule has 1 aliphatic heterocycles. The summed E-state index contributed by atoms with van der Waals surface area (Å²) in [6.45, 7) is 0. The zero-order valence-corrected chi connectivity index (χ0v) is 11.0. The number of amides is 2. The Balaban J connectivity index is 2.09. The minimum atomic E-state index is -0.391. The van der Waals surface area contributed by atoms with Gasteiger partial charge in [0, 0.05) is 19.5 Å². The molecule has 0 spiro atoms. The molecule has 2 amide bonds. The second-order valence-corrected chi connectivity index (χ2v) is 4.80. The predicted molar refractivity (Wildman–Crippen MR) is 68.2 cm³/mol. The molecule has 1 N–H and O–H groups in total. The molecule has 7 heteroatoms. The number of carbonyl (C=O) groups is 2. The molecule has 1 unspecified atom stereocenters. The number of thioether (sulfide) groups is 1. The van der Waals surface area contributed by atoms with Crippen molar-refractivity contribution in [2.45, 2.75) is 23.9 Å². The maximum atomic E-state index is 11.9. The number of rotatable bonds is 3. The third-order valence-electron chi connectivity index (χ3n) is 2.82. The Morgan fingerprint density at radius 2 is 2.22 bits per heavy atom. The molecule has 0 bridgehead atoms. The van der Waals surface area contributed by atoms with Crippen LogP contribution in [0, 0.1) is 0 Å². The molecule has 0 aliphatic carbocycles. The summed E-state index contributed by atoms with van der Waals surface area (Å²) < 4.78 is 0. The van der Waals surface area contributed by atoms with Crippen molar-refractivity contribution in [3.63, 3.8) is 0 Å². The van der Waals surface area contributed by atoms with E-state index in [0.29, 0.717) is 18.7 Å². The zero-order chi connectivity index (χ0) is 13.1. The van der Waals surface area contributed by atoms with Crippen LogP contribution in [0.25, 0.3) is 0 Å². The van der Waals surface area contributed by atoms with E-state index in [2.05, 4.69) is 15.3 Å². The average molecular weight is 266 g/mol. The largest absolute Gasteiger partial charge is 0.358 e. The first-order valence-electron chi connectivity index (χ1n) is 5.55. The highest BCUT2D eigenvalue weighted by molar-refractivity contribution is 7.98. The molecule has 6 nitrogen and oxygen atoms in total. The van der Waals surface area contributed by atoms with Gasteiger partial charge in [-0.15, -0.1) is 11.8 Å². The van der Waals surface area contributed by atoms with Crippen molar-refractivity contribution >= 4 is 29.4 Å². The van der Waals surface area contributed by atoms with Crippen LogP contribution in [0.5, 0.6) is 0 Å². The van der Waals surface area contributed by atoms with E-state index in [1.165, 1.54) is 25.1 Å². The Morgan fingerprint density at radius 1 is 1.44 bits per heavy atom. The van der Waals surface area contributed by atoms with E-state index in [1.54, 1.807) is 6.07 Å². The number of piperidine rings is 1. The van der Waals surface area contributed by atoms with Crippen LogP contribution in [-0.2, 0) is 9.59 Å². The Labute approximate surface area is 109 Å². The Bertz CT molecular complexity index is 480. The molecule has 1 aromatic heterocycles. The summed E-state index contributed by atoms with van der Waals surface area (Å²) >= 11 is 1.51. The van der Waals surface area contributed by atoms with E-state index in [9.17, 15) is 9.59 Å². The van der Waals surface area contributed by atoms with E-state index in [0.717, 1.165) is 9.93 Å². The van der Waals surface area contributed by atoms with E-state index in [4.69, 9.17) is 0 Å². The molecule has 2 heterocycles. The first kappa shape index (κ1) is 12.8. The van der Waals surface area contributed by atoms with Crippen LogP contribution in [0.4, 0.5) is 5.82 Å². The zero-order valence-electron chi connectivity index (χ0n) is 10.2. The van der Waals surface area contributed by atoms with Crippen LogP contribution >= 0.6 is 11.8 Å². The van der Waals surface area contributed by atoms with Crippen LogP contribution < -0.4 is 5.32 Å². The van der Waals surface area contributed by atoms with Crippen molar-refractivity contribution in [1.82, 2.24) is 14.9 Å². The van der Waals surface area contributed by atoms with Gasteiger partial charge in [-0.05, 0) is 12.7 Å². The van der Waals surface area contributed by atoms with Crippen molar-refractivity contribution in [2.24, 2.45) is 0 Å². The van der Waals surface area contributed by atoms with Gasteiger partial charge in [-0.25, -0.2) is 9.97 Å². The summed E-state index contributed by atoms with van der Waals surface area (Å²) in [5, 5.41) is 3.88. The smallest absolute Gasteiger partial charge is 0.251 e. The number of hydrogen-bond donors (Lipinski definition) is 1. The quantitative estimate of drug-likeness (QED) is 0.494. The van der Waals surface area contributed by atoms with Gasteiger partial charge in [-0.2, -0.15) is 0 Å². The lowest BCUT2D eigenvalue weighted by Gasteiger charge is -2.28. The third-order valence-corrected chi connectivity index (χ3v) is 3.46.